The minimum Gasteiger partial charge on any atom is -0.465 e. The van der Waals surface area contributed by atoms with E-state index in [0.717, 1.165) is 16.9 Å². The van der Waals surface area contributed by atoms with Gasteiger partial charge in [0.2, 0.25) is 0 Å². The fourth-order valence-electron chi connectivity index (χ4n) is 3.14. The second-order valence-corrected chi connectivity index (χ2v) is 6.75. The van der Waals surface area contributed by atoms with Gasteiger partial charge in [-0.05, 0) is 55.3 Å². The molecule has 0 spiro atoms. The highest BCUT2D eigenvalue weighted by molar-refractivity contribution is 5.91. The SMILES string of the molecule is COC(=O)c1cccc(N2CCN(C(=O)Nc3ccc(C)c(C)c3)CC2)c1. The molecule has 1 aliphatic rings. The summed E-state index contributed by atoms with van der Waals surface area (Å²) in [6.07, 6.45) is 0. The van der Waals surface area contributed by atoms with E-state index < -0.39 is 0 Å². The number of hydrogen-bond donors (Lipinski definition) is 1. The molecule has 0 aliphatic carbocycles. The van der Waals surface area contributed by atoms with Gasteiger partial charge >= 0.3 is 12.0 Å². The summed E-state index contributed by atoms with van der Waals surface area (Å²) in [6, 6.07) is 13.2. The van der Waals surface area contributed by atoms with Crippen LogP contribution in [-0.4, -0.2) is 50.2 Å². The van der Waals surface area contributed by atoms with Gasteiger partial charge in [-0.3, -0.25) is 0 Å². The smallest absolute Gasteiger partial charge is 0.337 e. The number of esters is 1. The van der Waals surface area contributed by atoms with Gasteiger partial charge < -0.3 is 19.9 Å². The van der Waals surface area contributed by atoms with Gasteiger partial charge in [0.1, 0.15) is 0 Å². The third-order valence-electron chi connectivity index (χ3n) is 4.96. The molecule has 1 N–H and O–H groups in total. The molecule has 2 amide bonds. The zero-order valence-electron chi connectivity index (χ0n) is 16.0. The Hall–Kier alpha value is -3.02. The topological polar surface area (TPSA) is 61.9 Å². The molecule has 0 bridgehead atoms. The molecule has 0 aromatic heterocycles. The van der Waals surface area contributed by atoms with Crippen molar-refractivity contribution in [3.05, 3.63) is 59.2 Å². The number of carbonyl (C=O) groups excluding carboxylic acids is 2. The number of carbonyl (C=O) groups is 2. The van der Waals surface area contributed by atoms with Gasteiger partial charge in [-0.2, -0.15) is 0 Å². The van der Waals surface area contributed by atoms with Crippen LogP contribution in [0.4, 0.5) is 16.2 Å². The first-order valence-electron chi connectivity index (χ1n) is 9.04. The second kappa shape index (κ2) is 8.12. The van der Waals surface area contributed by atoms with E-state index >= 15 is 0 Å². The Morgan fingerprint density at radius 3 is 2.37 bits per heavy atom. The summed E-state index contributed by atoms with van der Waals surface area (Å²) in [4.78, 5) is 28.2. The summed E-state index contributed by atoms with van der Waals surface area (Å²) < 4.78 is 4.78. The molecule has 2 aromatic rings. The van der Waals surface area contributed by atoms with Crippen LogP contribution in [0.5, 0.6) is 0 Å². The van der Waals surface area contributed by atoms with Crippen molar-refractivity contribution in [2.45, 2.75) is 13.8 Å². The summed E-state index contributed by atoms with van der Waals surface area (Å²) in [5, 5.41) is 2.97. The first-order chi connectivity index (χ1) is 13.0. The molecule has 6 nitrogen and oxygen atoms in total. The fraction of sp³-hybridized carbons (Fsp3) is 0.333. The minimum atomic E-state index is -0.344. The number of amides is 2. The molecule has 1 aliphatic heterocycles. The second-order valence-electron chi connectivity index (χ2n) is 6.75. The summed E-state index contributed by atoms with van der Waals surface area (Å²) in [5.74, 6) is -0.344. The lowest BCUT2D eigenvalue weighted by Gasteiger charge is -2.36. The molecule has 0 saturated carbocycles. The van der Waals surface area contributed by atoms with E-state index in [2.05, 4.69) is 17.1 Å². The molecule has 1 heterocycles. The first-order valence-corrected chi connectivity index (χ1v) is 9.04. The number of hydrogen-bond acceptors (Lipinski definition) is 4. The Balaban J connectivity index is 1.59. The predicted octanol–water partition coefficient (Wildman–Crippen LogP) is 3.44. The molecule has 1 fully saturated rings. The summed E-state index contributed by atoms with van der Waals surface area (Å²) >= 11 is 0. The fourth-order valence-corrected chi connectivity index (χ4v) is 3.14. The van der Waals surface area contributed by atoms with E-state index in [4.69, 9.17) is 4.74 Å². The monoisotopic (exact) mass is 367 g/mol. The van der Waals surface area contributed by atoms with Gasteiger partial charge in [0, 0.05) is 37.6 Å². The third kappa shape index (κ3) is 4.39. The minimum absolute atomic E-state index is 0.0822. The number of piperazine rings is 1. The number of aryl methyl sites for hydroxylation is 2. The highest BCUT2D eigenvalue weighted by atomic mass is 16.5. The summed E-state index contributed by atoms with van der Waals surface area (Å²) in [6.45, 7) is 6.76. The highest BCUT2D eigenvalue weighted by Crippen LogP contribution is 2.20. The summed E-state index contributed by atoms with van der Waals surface area (Å²) in [7, 11) is 1.38. The van der Waals surface area contributed by atoms with Crippen LogP contribution in [0.1, 0.15) is 21.5 Å². The molecular formula is C21H25N3O3. The molecule has 1 saturated heterocycles. The van der Waals surface area contributed by atoms with Crippen molar-refractivity contribution < 1.29 is 14.3 Å². The van der Waals surface area contributed by atoms with E-state index in [1.54, 1.807) is 6.07 Å². The van der Waals surface area contributed by atoms with Crippen LogP contribution >= 0.6 is 0 Å². The molecular weight excluding hydrogens is 342 g/mol. The lowest BCUT2D eigenvalue weighted by molar-refractivity contribution is 0.0600. The number of nitrogens with one attached hydrogen (secondary N) is 1. The highest BCUT2D eigenvalue weighted by Gasteiger charge is 2.22. The normalized spacial score (nSPS) is 14.0. The summed E-state index contributed by atoms with van der Waals surface area (Å²) in [5.41, 5.74) is 4.67. The zero-order valence-corrected chi connectivity index (χ0v) is 16.0. The molecule has 3 rings (SSSR count). The van der Waals surface area contributed by atoms with Gasteiger partial charge in [0.15, 0.2) is 0 Å². The lowest BCUT2D eigenvalue weighted by Crippen LogP contribution is -2.50. The van der Waals surface area contributed by atoms with Crippen molar-refractivity contribution in [1.82, 2.24) is 4.90 Å². The molecule has 0 unspecified atom stereocenters. The Bertz CT molecular complexity index is 842. The average Bonchev–Trinajstić information content (AvgIpc) is 2.70. The molecule has 6 heteroatoms. The third-order valence-corrected chi connectivity index (χ3v) is 4.96. The van der Waals surface area contributed by atoms with Crippen LogP contribution < -0.4 is 10.2 Å². The van der Waals surface area contributed by atoms with Crippen molar-refractivity contribution in [1.29, 1.82) is 0 Å². The van der Waals surface area contributed by atoms with Gasteiger partial charge in [-0.25, -0.2) is 9.59 Å². The number of nitrogens with zero attached hydrogens (tertiary/aromatic N) is 2. The maximum Gasteiger partial charge on any atom is 0.337 e. The number of rotatable bonds is 3. The quantitative estimate of drug-likeness (QED) is 0.844. The number of urea groups is 1. The van der Waals surface area contributed by atoms with Gasteiger partial charge in [-0.15, -0.1) is 0 Å². The van der Waals surface area contributed by atoms with Crippen molar-refractivity contribution >= 4 is 23.4 Å². The Labute approximate surface area is 159 Å². The van der Waals surface area contributed by atoms with E-state index in [9.17, 15) is 9.59 Å². The molecule has 142 valence electrons. The maximum absolute atomic E-state index is 12.5. The molecule has 2 aromatic carbocycles. The van der Waals surface area contributed by atoms with E-state index in [0.29, 0.717) is 31.7 Å². The lowest BCUT2D eigenvalue weighted by atomic mass is 10.1. The van der Waals surface area contributed by atoms with Crippen molar-refractivity contribution in [3.63, 3.8) is 0 Å². The number of ether oxygens (including phenoxy) is 1. The van der Waals surface area contributed by atoms with Crippen LogP contribution in [0.2, 0.25) is 0 Å². The van der Waals surface area contributed by atoms with Crippen molar-refractivity contribution in [3.8, 4) is 0 Å². The number of anilines is 2. The Morgan fingerprint density at radius 2 is 1.70 bits per heavy atom. The Morgan fingerprint density at radius 1 is 0.963 bits per heavy atom. The van der Waals surface area contributed by atoms with Gasteiger partial charge in [0.25, 0.3) is 0 Å². The average molecular weight is 367 g/mol. The standard InChI is InChI=1S/C21H25N3O3/c1-15-7-8-18(13-16(15)2)22-21(26)24-11-9-23(10-12-24)19-6-4-5-17(14-19)20(25)27-3/h4-8,13-14H,9-12H2,1-3H3,(H,22,26). The van der Waals surface area contributed by atoms with E-state index in [1.165, 1.54) is 12.7 Å². The molecule has 27 heavy (non-hydrogen) atoms. The predicted molar refractivity (Wildman–Crippen MR) is 107 cm³/mol. The maximum atomic E-state index is 12.5. The van der Waals surface area contributed by atoms with Crippen LogP contribution in [0.15, 0.2) is 42.5 Å². The first kappa shape index (κ1) is 18.8. The molecule has 0 radical (unpaired) electrons. The molecule has 0 atom stereocenters. The van der Waals surface area contributed by atoms with Crippen molar-refractivity contribution in [2.24, 2.45) is 0 Å². The van der Waals surface area contributed by atoms with Gasteiger partial charge in [0.05, 0.1) is 12.7 Å². The number of benzene rings is 2. The largest absolute Gasteiger partial charge is 0.465 e. The van der Waals surface area contributed by atoms with E-state index in [-0.39, 0.29) is 12.0 Å². The zero-order chi connectivity index (χ0) is 19.4. The van der Waals surface area contributed by atoms with Crippen LogP contribution in [0, 0.1) is 13.8 Å². The van der Waals surface area contributed by atoms with Crippen LogP contribution in [-0.2, 0) is 4.74 Å². The van der Waals surface area contributed by atoms with E-state index in [1.807, 2.05) is 48.2 Å². The van der Waals surface area contributed by atoms with Crippen LogP contribution in [0.25, 0.3) is 0 Å². The van der Waals surface area contributed by atoms with Crippen molar-refractivity contribution in [2.75, 3.05) is 43.5 Å². The Kier molecular flexibility index (Phi) is 5.64. The van der Waals surface area contributed by atoms with Gasteiger partial charge in [-0.1, -0.05) is 12.1 Å². The number of methoxy groups -OCH3 is 1. The van der Waals surface area contributed by atoms with Crippen LogP contribution in [0.3, 0.4) is 0 Å².